The summed E-state index contributed by atoms with van der Waals surface area (Å²) in [4.78, 5) is 4.14. The molecule has 1 heterocycles. The van der Waals surface area contributed by atoms with Crippen molar-refractivity contribution in [3.63, 3.8) is 0 Å². The number of aromatic nitrogens is 1. The van der Waals surface area contributed by atoms with Crippen molar-refractivity contribution in [1.82, 2.24) is 4.98 Å². The molecule has 2 saturated carbocycles. The van der Waals surface area contributed by atoms with Crippen molar-refractivity contribution in [2.75, 3.05) is 0 Å². The molecule has 0 radical (unpaired) electrons. The number of nitrogens with zero attached hydrogens (tertiary/aromatic N) is 1. The van der Waals surface area contributed by atoms with Crippen LogP contribution in [0.25, 0.3) is 0 Å². The lowest BCUT2D eigenvalue weighted by Gasteiger charge is -2.15. The van der Waals surface area contributed by atoms with Crippen LogP contribution in [0.5, 0.6) is 5.75 Å². The van der Waals surface area contributed by atoms with Gasteiger partial charge in [-0.2, -0.15) is 0 Å². The van der Waals surface area contributed by atoms with Crippen LogP contribution in [0.1, 0.15) is 25.0 Å². The molecular weight excluding hydrogens is 210 g/mol. The van der Waals surface area contributed by atoms with Crippen LogP contribution in [0.2, 0.25) is 0 Å². The second kappa shape index (κ2) is 3.67. The minimum absolute atomic E-state index is 0.430. The summed E-state index contributed by atoms with van der Waals surface area (Å²) in [6.45, 7) is 0. The molecule has 3 rings (SSSR count). The molecule has 1 aromatic rings. The summed E-state index contributed by atoms with van der Waals surface area (Å²) in [7, 11) is 0. The highest BCUT2D eigenvalue weighted by atomic mass is 35.5. The Morgan fingerprint density at radius 2 is 2.13 bits per heavy atom. The van der Waals surface area contributed by atoms with E-state index in [1.54, 1.807) is 6.20 Å². The van der Waals surface area contributed by atoms with Crippen LogP contribution < -0.4 is 4.74 Å². The van der Waals surface area contributed by atoms with E-state index < -0.39 is 0 Å². The van der Waals surface area contributed by atoms with Crippen LogP contribution in [0, 0.1) is 11.8 Å². The predicted octanol–water partition coefficient (Wildman–Crippen LogP) is 3.00. The highest BCUT2D eigenvalue weighted by Crippen LogP contribution is 2.52. The summed E-state index contributed by atoms with van der Waals surface area (Å²) in [6.07, 6.45) is 6.11. The van der Waals surface area contributed by atoms with Crippen molar-refractivity contribution >= 4 is 11.6 Å². The van der Waals surface area contributed by atoms with Gasteiger partial charge in [0.05, 0.1) is 17.7 Å². The summed E-state index contributed by atoms with van der Waals surface area (Å²) in [5.74, 6) is 3.30. The average Bonchev–Trinajstić information content (AvgIpc) is 2.87. The van der Waals surface area contributed by atoms with Crippen molar-refractivity contribution in [1.29, 1.82) is 0 Å². The standard InChI is InChI=1S/C12H14ClNO/c13-7-10-6-11(1-2-14-10)15-12-4-8-3-9(8)5-12/h1-2,6,8-9,12H,3-5,7H2/t8-,9?,12?/m0/s1. The minimum Gasteiger partial charge on any atom is -0.490 e. The number of halogens is 1. The van der Waals surface area contributed by atoms with Gasteiger partial charge in [0.2, 0.25) is 0 Å². The molecule has 0 bridgehead atoms. The van der Waals surface area contributed by atoms with E-state index in [-0.39, 0.29) is 0 Å². The lowest BCUT2D eigenvalue weighted by atomic mass is 10.2. The van der Waals surface area contributed by atoms with Crippen LogP contribution in [0.4, 0.5) is 0 Å². The second-order valence-corrected chi connectivity index (χ2v) is 4.85. The first-order valence-electron chi connectivity index (χ1n) is 5.52. The molecule has 2 aliphatic carbocycles. The maximum atomic E-state index is 5.92. The third-order valence-electron chi connectivity index (χ3n) is 3.43. The Labute approximate surface area is 94.6 Å². The van der Waals surface area contributed by atoms with Crippen molar-refractivity contribution in [3.8, 4) is 5.75 Å². The first-order valence-corrected chi connectivity index (χ1v) is 6.06. The molecule has 0 spiro atoms. The molecule has 0 aliphatic heterocycles. The van der Waals surface area contributed by atoms with Gasteiger partial charge in [0.25, 0.3) is 0 Å². The summed E-state index contributed by atoms with van der Waals surface area (Å²) in [5, 5.41) is 0. The number of hydrogen-bond acceptors (Lipinski definition) is 2. The first kappa shape index (κ1) is 9.46. The van der Waals surface area contributed by atoms with Gasteiger partial charge in [-0.1, -0.05) is 0 Å². The molecule has 1 aromatic heterocycles. The normalized spacial score (nSPS) is 32.5. The SMILES string of the molecule is ClCc1cc(OC2CC3C[C@H]3C2)ccn1. The summed E-state index contributed by atoms with van der Waals surface area (Å²) in [5.41, 5.74) is 0.886. The van der Waals surface area contributed by atoms with E-state index in [2.05, 4.69) is 4.98 Å². The lowest BCUT2D eigenvalue weighted by molar-refractivity contribution is 0.194. The van der Waals surface area contributed by atoms with E-state index in [1.165, 1.54) is 19.3 Å². The Kier molecular flexibility index (Phi) is 2.32. The van der Waals surface area contributed by atoms with Crippen molar-refractivity contribution in [2.24, 2.45) is 11.8 Å². The molecule has 3 atom stereocenters. The fraction of sp³-hybridized carbons (Fsp3) is 0.583. The maximum absolute atomic E-state index is 5.92. The number of pyridine rings is 1. The van der Waals surface area contributed by atoms with Crippen LogP contribution in [0.3, 0.4) is 0 Å². The van der Waals surface area contributed by atoms with E-state index in [0.717, 1.165) is 23.3 Å². The van der Waals surface area contributed by atoms with Crippen LogP contribution in [-0.4, -0.2) is 11.1 Å². The third kappa shape index (κ3) is 1.96. The quantitative estimate of drug-likeness (QED) is 0.735. The minimum atomic E-state index is 0.430. The Morgan fingerprint density at radius 3 is 2.87 bits per heavy atom. The fourth-order valence-electron chi connectivity index (χ4n) is 2.55. The van der Waals surface area contributed by atoms with Crippen molar-refractivity contribution in [3.05, 3.63) is 24.0 Å². The summed E-state index contributed by atoms with van der Waals surface area (Å²) >= 11 is 5.73. The topological polar surface area (TPSA) is 22.1 Å². The summed E-state index contributed by atoms with van der Waals surface area (Å²) < 4.78 is 5.92. The van der Waals surface area contributed by atoms with Gasteiger partial charge in [0, 0.05) is 12.3 Å². The number of alkyl halides is 1. The molecule has 0 N–H and O–H groups in total. The molecule has 80 valence electrons. The van der Waals surface area contributed by atoms with Gasteiger partial charge >= 0.3 is 0 Å². The molecule has 2 fully saturated rings. The van der Waals surface area contributed by atoms with E-state index in [1.807, 2.05) is 12.1 Å². The third-order valence-corrected chi connectivity index (χ3v) is 3.70. The molecule has 3 heteroatoms. The number of fused-ring (bicyclic) bond motifs is 1. The van der Waals surface area contributed by atoms with Gasteiger partial charge < -0.3 is 4.74 Å². The Morgan fingerprint density at radius 1 is 1.33 bits per heavy atom. The smallest absolute Gasteiger partial charge is 0.123 e. The molecule has 2 aliphatic rings. The second-order valence-electron chi connectivity index (χ2n) is 4.58. The largest absolute Gasteiger partial charge is 0.490 e. The zero-order valence-electron chi connectivity index (χ0n) is 8.53. The Hall–Kier alpha value is -0.760. The van der Waals surface area contributed by atoms with Gasteiger partial charge in [0.15, 0.2) is 0 Å². The molecule has 0 amide bonds. The van der Waals surface area contributed by atoms with Crippen molar-refractivity contribution < 1.29 is 4.74 Å². The molecule has 15 heavy (non-hydrogen) atoms. The predicted molar refractivity (Wildman–Crippen MR) is 59.0 cm³/mol. The van der Waals surface area contributed by atoms with E-state index >= 15 is 0 Å². The zero-order chi connectivity index (χ0) is 10.3. The van der Waals surface area contributed by atoms with E-state index in [0.29, 0.717) is 12.0 Å². The molecule has 0 aromatic carbocycles. The summed E-state index contributed by atoms with van der Waals surface area (Å²) in [6, 6.07) is 3.86. The zero-order valence-corrected chi connectivity index (χ0v) is 9.28. The maximum Gasteiger partial charge on any atom is 0.123 e. The lowest BCUT2D eigenvalue weighted by Crippen LogP contribution is -2.13. The van der Waals surface area contributed by atoms with Gasteiger partial charge in [-0.3, -0.25) is 4.98 Å². The fourth-order valence-corrected chi connectivity index (χ4v) is 2.70. The number of hydrogen-bond donors (Lipinski definition) is 0. The van der Waals surface area contributed by atoms with Gasteiger partial charge in [-0.15, -0.1) is 11.6 Å². The number of rotatable bonds is 3. The number of ether oxygens (including phenoxy) is 1. The average molecular weight is 224 g/mol. The molecule has 0 saturated heterocycles. The Balaban J connectivity index is 1.65. The van der Waals surface area contributed by atoms with Gasteiger partial charge in [-0.25, -0.2) is 0 Å². The monoisotopic (exact) mass is 223 g/mol. The van der Waals surface area contributed by atoms with E-state index in [4.69, 9.17) is 16.3 Å². The molecular formula is C12H14ClNO. The van der Waals surface area contributed by atoms with Crippen LogP contribution in [-0.2, 0) is 5.88 Å². The van der Waals surface area contributed by atoms with Gasteiger partial charge in [-0.05, 0) is 37.2 Å². The van der Waals surface area contributed by atoms with Crippen LogP contribution >= 0.6 is 11.6 Å². The highest BCUT2D eigenvalue weighted by molar-refractivity contribution is 6.16. The first-order chi connectivity index (χ1) is 7.35. The van der Waals surface area contributed by atoms with Crippen molar-refractivity contribution in [2.45, 2.75) is 31.2 Å². The van der Waals surface area contributed by atoms with E-state index in [9.17, 15) is 0 Å². The van der Waals surface area contributed by atoms with Gasteiger partial charge in [0.1, 0.15) is 5.75 Å². The molecule has 2 unspecified atom stereocenters. The van der Waals surface area contributed by atoms with Crippen LogP contribution in [0.15, 0.2) is 18.3 Å². The highest BCUT2D eigenvalue weighted by Gasteiger charge is 2.46. The molecule has 2 nitrogen and oxygen atoms in total. The Bertz CT molecular complexity index is 358.